The number of hydrogen-bond acceptors (Lipinski definition) is 7. The summed E-state index contributed by atoms with van der Waals surface area (Å²) in [5, 5.41) is 11.1. The molecule has 0 spiro atoms. The Kier molecular flexibility index (Phi) is 3.23. The fourth-order valence-corrected chi connectivity index (χ4v) is 1.67. The lowest BCUT2D eigenvalue weighted by atomic mass is 10.1. The SMILES string of the molecule is COc1cncc(-c2nc(N)nc(C)c2[N+](=O)[O-])c1. The van der Waals surface area contributed by atoms with E-state index in [2.05, 4.69) is 15.0 Å². The minimum atomic E-state index is -0.538. The first kappa shape index (κ1) is 12.7. The molecule has 0 radical (unpaired) electrons. The van der Waals surface area contributed by atoms with Crippen LogP contribution >= 0.6 is 0 Å². The zero-order valence-corrected chi connectivity index (χ0v) is 10.3. The molecule has 2 rings (SSSR count). The fraction of sp³-hybridized carbons (Fsp3) is 0.182. The lowest BCUT2D eigenvalue weighted by molar-refractivity contribution is -0.385. The van der Waals surface area contributed by atoms with Crippen molar-refractivity contribution in [2.75, 3.05) is 12.8 Å². The van der Waals surface area contributed by atoms with Crippen molar-refractivity contribution in [3.63, 3.8) is 0 Å². The molecule has 0 atom stereocenters. The molecule has 2 heterocycles. The van der Waals surface area contributed by atoms with Gasteiger partial charge in [-0.1, -0.05) is 0 Å². The first-order chi connectivity index (χ1) is 9.02. The van der Waals surface area contributed by atoms with Gasteiger partial charge in [0.2, 0.25) is 5.95 Å². The van der Waals surface area contributed by atoms with E-state index in [9.17, 15) is 10.1 Å². The number of pyridine rings is 1. The highest BCUT2D eigenvalue weighted by Crippen LogP contribution is 2.31. The molecule has 0 saturated carbocycles. The van der Waals surface area contributed by atoms with Gasteiger partial charge in [-0.05, 0) is 13.0 Å². The van der Waals surface area contributed by atoms with Crippen LogP contribution < -0.4 is 10.5 Å². The van der Waals surface area contributed by atoms with Gasteiger partial charge in [-0.3, -0.25) is 15.1 Å². The van der Waals surface area contributed by atoms with Crippen LogP contribution in [-0.2, 0) is 0 Å². The predicted octanol–water partition coefficient (Wildman–Crippen LogP) is 1.35. The van der Waals surface area contributed by atoms with Crippen LogP contribution in [0.2, 0.25) is 0 Å². The maximum Gasteiger partial charge on any atom is 0.316 e. The molecule has 8 heteroatoms. The predicted molar refractivity (Wildman–Crippen MR) is 67.6 cm³/mol. The van der Waals surface area contributed by atoms with E-state index in [1.54, 1.807) is 6.07 Å². The molecule has 2 aromatic heterocycles. The minimum Gasteiger partial charge on any atom is -0.495 e. The number of methoxy groups -OCH3 is 1. The van der Waals surface area contributed by atoms with Crippen LogP contribution in [0.15, 0.2) is 18.5 Å². The van der Waals surface area contributed by atoms with Gasteiger partial charge in [0.05, 0.1) is 18.2 Å². The Balaban J connectivity index is 2.69. The largest absolute Gasteiger partial charge is 0.495 e. The van der Waals surface area contributed by atoms with Crippen molar-refractivity contribution in [3.05, 3.63) is 34.3 Å². The molecule has 0 amide bonds. The molecule has 0 bridgehead atoms. The van der Waals surface area contributed by atoms with E-state index < -0.39 is 4.92 Å². The highest BCUT2D eigenvalue weighted by Gasteiger charge is 2.23. The number of rotatable bonds is 3. The fourth-order valence-electron chi connectivity index (χ4n) is 1.67. The number of nitrogen functional groups attached to an aromatic ring is 1. The molecule has 0 aromatic carbocycles. The van der Waals surface area contributed by atoms with E-state index in [0.29, 0.717) is 11.3 Å². The van der Waals surface area contributed by atoms with Crippen LogP contribution in [-0.4, -0.2) is 27.0 Å². The van der Waals surface area contributed by atoms with Gasteiger partial charge >= 0.3 is 5.69 Å². The van der Waals surface area contributed by atoms with Crippen LogP contribution in [0.5, 0.6) is 5.75 Å². The van der Waals surface area contributed by atoms with E-state index in [0.717, 1.165) is 0 Å². The van der Waals surface area contributed by atoms with Crippen LogP contribution in [0, 0.1) is 17.0 Å². The van der Waals surface area contributed by atoms with Gasteiger partial charge in [0, 0.05) is 11.8 Å². The van der Waals surface area contributed by atoms with Crippen molar-refractivity contribution in [1.29, 1.82) is 0 Å². The molecule has 0 aliphatic heterocycles. The Morgan fingerprint density at radius 2 is 2.11 bits per heavy atom. The summed E-state index contributed by atoms with van der Waals surface area (Å²) in [6.07, 6.45) is 2.95. The van der Waals surface area contributed by atoms with Gasteiger partial charge in [-0.25, -0.2) is 9.97 Å². The summed E-state index contributed by atoms with van der Waals surface area (Å²) >= 11 is 0. The van der Waals surface area contributed by atoms with Crippen molar-refractivity contribution in [3.8, 4) is 17.0 Å². The quantitative estimate of drug-likeness (QED) is 0.654. The molecule has 0 fully saturated rings. The van der Waals surface area contributed by atoms with Gasteiger partial charge in [0.25, 0.3) is 0 Å². The highest BCUT2D eigenvalue weighted by atomic mass is 16.6. The molecule has 2 N–H and O–H groups in total. The van der Waals surface area contributed by atoms with E-state index in [1.165, 1.54) is 26.4 Å². The summed E-state index contributed by atoms with van der Waals surface area (Å²) in [6, 6.07) is 1.60. The maximum atomic E-state index is 11.1. The number of ether oxygens (including phenoxy) is 1. The normalized spacial score (nSPS) is 10.2. The molecule has 8 nitrogen and oxygen atoms in total. The molecule has 0 aliphatic carbocycles. The standard InChI is InChI=1S/C11H11N5O3/c1-6-10(16(17)18)9(15-11(12)14-6)7-3-8(19-2)5-13-4-7/h3-5H,1-2H3,(H2,12,14,15). The number of nitrogens with zero attached hydrogens (tertiary/aromatic N) is 4. The third-order valence-electron chi connectivity index (χ3n) is 2.48. The average Bonchev–Trinajstić information content (AvgIpc) is 2.37. The zero-order valence-electron chi connectivity index (χ0n) is 10.3. The first-order valence-electron chi connectivity index (χ1n) is 5.31. The van der Waals surface area contributed by atoms with E-state index in [-0.39, 0.29) is 23.0 Å². The first-order valence-corrected chi connectivity index (χ1v) is 5.31. The molecule has 19 heavy (non-hydrogen) atoms. The maximum absolute atomic E-state index is 11.1. The van der Waals surface area contributed by atoms with Crippen LogP contribution in [0.3, 0.4) is 0 Å². The van der Waals surface area contributed by atoms with Crippen LogP contribution in [0.1, 0.15) is 5.69 Å². The van der Waals surface area contributed by atoms with Crippen molar-refractivity contribution in [2.24, 2.45) is 0 Å². The number of aromatic nitrogens is 3. The van der Waals surface area contributed by atoms with Crippen molar-refractivity contribution in [1.82, 2.24) is 15.0 Å². The van der Waals surface area contributed by atoms with Crippen LogP contribution in [0.25, 0.3) is 11.3 Å². The van der Waals surface area contributed by atoms with Crippen molar-refractivity contribution < 1.29 is 9.66 Å². The number of aryl methyl sites for hydroxylation is 1. The van der Waals surface area contributed by atoms with Gasteiger partial charge in [0.1, 0.15) is 11.4 Å². The Morgan fingerprint density at radius 1 is 1.37 bits per heavy atom. The number of anilines is 1. The topological polar surface area (TPSA) is 117 Å². The van der Waals surface area contributed by atoms with Crippen molar-refractivity contribution in [2.45, 2.75) is 6.92 Å². The van der Waals surface area contributed by atoms with E-state index in [4.69, 9.17) is 10.5 Å². The minimum absolute atomic E-state index is 0.0269. The molecule has 98 valence electrons. The van der Waals surface area contributed by atoms with E-state index in [1.807, 2.05) is 0 Å². The summed E-state index contributed by atoms with van der Waals surface area (Å²) in [4.78, 5) is 22.2. The second-order valence-corrected chi connectivity index (χ2v) is 3.73. The van der Waals surface area contributed by atoms with Gasteiger partial charge in [-0.2, -0.15) is 0 Å². The molecular formula is C11H11N5O3. The summed E-state index contributed by atoms with van der Waals surface area (Å²) in [7, 11) is 1.48. The molecule has 0 saturated heterocycles. The summed E-state index contributed by atoms with van der Waals surface area (Å²) in [5.74, 6) is 0.447. The molecule has 0 aliphatic rings. The average molecular weight is 261 g/mol. The smallest absolute Gasteiger partial charge is 0.316 e. The second-order valence-electron chi connectivity index (χ2n) is 3.73. The summed E-state index contributed by atoms with van der Waals surface area (Å²) in [6.45, 7) is 1.51. The summed E-state index contributed by atoms with van der Waals surface area (Å²) < 4.78 is 5.03. The lowest BCUT2D eigenvalue weighted by Crippen LogP contribution is -2.05. The monoisotopic (exact) mass is 261 g/mol. The molecule has 0 unspecified atom stereocenters. The Labute approximate surface area is 108 Å². The van der Waals surface area contributed by atoms with Gasteiger partial charge in [0.15, 0.2) is 5.69 Å². The van der Waals surface area contributed by atoms with E-state index >= 15 is 0 Å². The third-order valence-corrected chi connectivity index (χ3v) is 2.48. The Hall–Kier alpha value is -2.77. The Bertz CT molecular complexity index is 644. The zero-order chi connectivity index (χ0) is 14.0. The van der Waals surface area contributed by atoms with Gasteiger partial charge < -0.3 is 10.5 Å². The highest BCUT2D eigenvalue weighted by molar-refractivity contribution is 5.71. The second kappa shape index (κ2) is 4.84. The van der Waals surface area contributed by atoms with Gasteiger partial charge in [-0.15, -0.1) is 0 Å². The third kappa shape index (κ3) is 2.41. The number of nitro groups is 1. The number of nitrogens with two attached hydrogens (primary N) is 1. The van der Waals surface area contributed by atoms with Crippen LogP contribution in [0.4, 0.5) is 11.6 Å². The number of hydrogen-bond donors (Lipinski definition) is 1. The molecular weight excluding hydrogens is 250 g/mol. The lowest BCUT2D eigenvalue weighted by Gasteiger charge is -2.06. The molecule has 2 aromatic rings. The Morgan fingerprint density at radius 3 is 2.74 bits per heavy atom. The summed E-state index contributed by atoms with van der Waals surface area (Å²) in [5.41, 5.74) is 6.13. The van der Waals surface area contributed by atoms with Crippen molar-refractivity contribution >= 4 is 11.6 Å².